The van der Waals surface area contributed by atoms with Gasteiger partial charge in [0.15, 0.2) is 17.5 Å². The molecule has 276 valence electrons. The first-order valence-corrected chi connectivity index (χ1v) is 20.7. The number of hydrogen-bond donors (Lipinski definition) is 0. The fourth-order valence-electron chi connectivity index (χ4n) is 8.33. The molecule has 0 atom stereocenters. The molecule has 4 heteroatoms. The largest absolute Gasteiger partial charge is 0.208 e. The molecular weight excluding hydrogens is 735 g/mol. The van der Waals surface area contributed by atoms with Crippen LogP contribution >= 0.6 is 11.3 Å². The number of aromatic nitrogens is 3. The van der Waals surface area contributed by atoms with E-state index in [9.17, 15) is 0 Å². The van der Waals surface area contributed by atoms with Gasteiger partial charge in [0, 0.05) is 15.8 Å². The molecule has 2 aromatic heterocycles. The Kier molecular flexibility index (Phi) is 8.68. The molecule has 2 heterocycles. The standard InChI is InChI=1S/C55H35N3S/c1-3-15-36(16-4-1)40-20-13-22-43(33-40)52-47-26-10-8-24-45(47)51(46-25-9-11-27-48(46)52)38-29-31-39(32-30-38)53-56-54(44-23-14-21-41(34-44)37-17-5-2-6-18-37)58-55(57-53)50-35-42-19-7-12-28-49(42)59-50/h1-35H. The van der Waals surface area contributed by atoms with Crippen LogP contribution in [0.25, 0.3) is 110 Å². The molecule has 0 bridgehead atoms. The lowest BCUT2D eigenvalue weighted by Crippen LogP contribution is -1.99. The Morgan fingerprint density at radius 3 is 1.29 bits per heavy atom. The summed E-state index contributed by atoms with van der Waals surface area (Å²) >= 11 is 1.71. The predicted molar refractivity (Wildman–Crippen MR) is 248 cm³/mol. The summed E-state index contributed by atoms with van der Waals surface area (Å²) in [6.45, 7) is 0. The number of benzene rings is 9. The van der Waals surface area contributed by atoms with Crippen LogP contribution in [0, 0.1) is 0 Å². The second kappa shape index (κ2) is 14.8. The third kappa shape index (κ3) is 6.46. The third-order valence-corrected chi connectivity index (χ3v) is 12.2. The molecule has 9 aromatic carbocycles. The van der Waals surface area contributed by atoms with E-state index >= 15 is 0 Å². The van der Waals surface area contributed by atoms with Crippen molar-refractivity contribution in [1.82, 2.24) is 15.0 Å². The molecule has 0 aliphatic heterocycles. The van der Waals surface area contributed by atoms with Gasteiger partial charge >= 0.3 is 0 Å². The lowest BCUT2D eigenvalue weighted by atomic mass is 9.85. The van der Waals surface area contributed by atoms with E-state index < -0.39 is 0 Å². The summed E-state index contributed by atoms with van der Waals surface area (Å²) in [5.41, 5.74) is 11.4. The lowest BCUT2D eigenvalue weighted by Gasteiger charge is -2.18. The van der Waals surface area contributed by atoms with Gasteiger partial charge in [0.05, 0.1) is 4.88 Å². The number of nitrogens with zero attached hydrogens (tertiary/aromatic N) is 3. The van der Waals surface area contributed by atoms with Crippen LogP contribution in [0.4, 0.5) is 0 Å². The third-order valence-electron chi connectivity index (χ3n) is 11.1. The zero-order valence-electron chi connectivity index (χ0n) is 32.0. The van der Waals surface area contributed by atoms with Crippen molar-refractivity contribution >= 4 is 43.0 Å². The first-order chi connectivity index (χ1) is 29.2. The van der Waals surface area contributed by atoms with Crippen molar-refractivity contribution in [3.8, 4) is 78.0 Å². The van der Waals surface area contributed by atoms with E-state index in [1.807, 2.05) is 6.07 Å². The Morgan fingerprint density at radius 1 is 0.271 bits per heavy atom. The van der Waals surface area contributed by atoms with Crippen LogP contribution in [-0.2, 0) is 0 Å². The summed E-state index contributed by atoms with van der Waals surface area (Å²) < 4.78 is 1.20. The van der Waals surface area contributed by atoms with Crippen molar-refractivity contribution in [2.24, 2.45) is 0 Å². The van der Waals surface area contributed by atoms with E-state index in [-0.39, 0.29) is 0 Å². The molecular formula is C55H35N3S. The topological polar surface area (TPSA) is 38.7 Å². The van der Waals surface area contributed by atoms with E-state index in [4.69, 9.17) is 15.0 Å². The van der Waals surface area contributed by atoms with Crippen molar-refractivity contribution in [3.05, 3.63) is 212 Å². The molecule has 0 aliphatic carbocycles. The minimum absolute atomic E-state index is 0.641. The van der Waals surface area contributed by atoms with Gasteiger partial charge in [-0.05, 0) is 95.7 Å². The lowest BCUT2D eigenvalue weighted by molar-refractivity contribution is 1.08. The molecule has 0 saturated heterocycles. The second-order valence-electron chi connectivity index (χ2n) is 14.8. The highest BCUT2D eigenvalue weighted by Crippen LogP contribution is 2.44. The van der Waals surface area contributed by atoms with Crippen LogP contribution in [0.3, 0.4) is 0 Å². The summed E-state index contributed by atoms with van der Waals surface area (Å²) in [5, 5.41) is 6.06. The highest BCUT2D eigenvalue weighted by atomic mass is 32.1. The van der Waals surface area contributed by atoms with E-state index in [0.717, 1.165) is 32.7 Å². The monoisotopic (exact) mass is 769 g/mol. The van der Waals surface area contributed by atoms with E-state index in [2.05, 4.69) is 206 Å². The molecule has 0 saturated carbocycles. The first-order valence-electron chi connectivity index (χ1n) is 19.8. The van der Waals surface area contributed by atoms with E-state index in [1.165, 1.54) is 59.4 Å². The van der Waals surface area contributed by atoms with Gasteiger partial charge in [0.1, 0.15) is 0 Å². The summed E-state index contributed by atoms with van der Waals surface area (Å²) in [6.07, 6.45) is 0. The molecule has 0 unspecified atom stereocenters. The SMILES string of the molecule is c1ccc(-c2cccc(-c3nc(-c4ccc(-c5c6ccccc6c(-c6cccc(-c7ccccc7)c6)c6ccccc56)cc4)nc(-c4cc5ccccc5s4)n3)c2)cc1. The van der Waals surface area contributed by atoms with Gasteiger partial charge in [-0.15, -0.1) is 11.3 Å². The first kappa shape index (κ1) is 34.7. The van der Waals surface area contributed by atoms with Gasteiger partial charge in [0.2, 0.25) is 0 Å². The average molecular weight is 770 g/mol. The fraction of sp³-hybridized carbons (Fsp3) is 0. The van der Waals surface area contributed by atoms with Crippen LogP contribution in [-0.4, -0.2) is 15.0 Å². The Bertz CT molecular complexity index is 3230. The van der Waals surface area contributed by atoms with Crippen molar-refractivity contribution < 1.29 is 0 Å². The molecule has 0 N–H and O–H groups in total. The maximum atomic E-state index is 5.15. The van der Waals surface area contributed by atoms with Gasteiger partial charge in [-0.3, -0.25) is 0 Å². The average Bonchev–Trinajstić information content (AvgIpc) is 3.76. The van der Waals surface area contributed by atoms with Gasteiger partial charge in [0.25, 0.3) is 0 Å². The number of rotatable bonds is 7. The maximum absolute atomic E-state index is 5.15. The van der Waals surface area contributed by atoms with Crippen LogP contribution in [0.5, 0.6) is 0 Å². The quantitative estimate of drug-likeness (QED) is 0.152. The fourth-order valence-corrected chi connectivity index (χ4v) is 9.32. The molecule has 0 aliphatic rings. The van der Waals surface area contributed by atoms with E-state index in [0.29, 0.717) is 17.5 Å². The Morgan fingerprint density at radius 2 is 0.695 bits per heavy atom. The normalized spacial score (nSPS) is 11.4. The smallest absolute Gasteiger partial charge is 0.174 e. The van der Waals surface area contributed by atoms with Gasteiger partial charge in [-0.2, -0.15) is 0 Å². The maximum Gasteiger partial charge on any atom is 0.174 e. The Hall–Kier alpha value is -7.53. The van der Waals surface area contributed by atoms with Gasteiger partial charge in [-0.1, -0.05) is 188 Å². The van der Waals surface area contributed by atoms with Gasteiger partial charge in [-0.25, -0.2) is 15.0 Å². The van der Waals surface area contributed by atoms with Crippen molar-refractivity contribution in [3.63, 3.8) is 0 Å². The van der Waals surface area contributed by atoms with Crippen molar-refractivity contribution in [2.45, 2.75) is 0 Å². The molecule has 59 heavy (non-hydrogen) atoms. The zero-order valence-corrected chi connectivity index (χ0v) is 32.8. The van der Waals surface area contributed by atoms with Gasteiger partial charge < -0.3 is 0 Å². The Labute approximate surface area is 346 Å². The van der Waals surface area contributed by atoms with E-state index in [1.54, 1.807) is 11.3 Å². The minimum atomic E-state index is 0.641. The molecule has 11 rings (SSSR count). The van der Waals surface area contributed by atoms with Crippen molar-refractivity contribution in [1.29, 1.82) is 0 Å². The highest BCUT2D eigenvalue weighted by molar-refractivity contribution is 7.22. The predicted octanol–water partition coefficient (Wildman–Crippen LogP) is 15.1. The number of fused-ring (bicyclic) bond motifs is 3. The summed E-state index contributed by atoms with van der Waals surface area (Å²) in [4.78, 5) is 16.4. The molecule has 11 aromatic rings. The molecule has 0 fully saturated rings. The Balaban J connectivity index is 1.04. The molecule has 3 nitrogen and oxygen atoms in total. The summed E-state index contributed by atoms with van der Waals surface area (Å²) in [6, 6.07) is 75.5. The number of hydrogen-bond acceptors (Lipinski definition) is 4. The van der Waals surface area contributed by atoms with Crippen LogP contribution < -0.4 is 0 Å². The zero-order chi connectivity index (χ0) is 39.1. The second-order valence-corrected chi connectivity index (χ2v) is 15.9. The van der Waals surface area contributed by atoms with Crippen LogP contribution in [0.2, 0.25) is 0 Å². The van der Waals surface area contributed by atoms with Crippen LogP contribution in [0.15, 0.2) is 212 Å². The summed E-state index contributed by atoms with van der Waals surface area (Å²) in [5.74, 6) is 1.96. The number of thiophene rings is 1. The molecule has 0 spiro atoms. The molecule has 0 radical (unpaired) electrons. The minimum Gasteiger partial charge on any atom is -0.208 e. The van der Waals surface area contributed by atoms with Crippen LogP contribution in [0.1, 0.15) is 0 Å². The highest BCUT2D eigenvalue weighted by Gasteiger charge is 2.19. The molecule has 0 amide bonds. The summed E-state index contributed by atoms with van der Waals surface area (Å²) in [7, 11) is 0. The van der Waals surface area contributed by atoms with Crippen molar-refractivity contribution in [2.75, 3.05) is 0 Å².